The van der Waals surface area contributed by atoms with Crippen LogP contribution in [0.5, 0.6) is 5.75 Å². The Bertz CT molecular complexity index is 667. The minimum absolute atomic E-state index is 0.111. The zero-order chi connectivity index (χ0) is 17.6. The predicted molar refractivity (Wildman–Crippen MR) is 97.6 cm³/mol. The largest absolute Gasteiger partial charge is 0.427 e. The van der Waals surface area contributed by atoms with Gasteiger partial charge in [-0.3, -0.25) is 4.79 Å². The molecule has 2 fully saturated rings. The van der Waals surface area contributed by atoms with E-state index in [-0.39, 0.29) is 17.5 Å². The highest BCUT2D eigenvalue weighted by Crippen LogP contribution is 2.60. The van der Waals surface area contributed by atoms with Crippen molar-refractivity contribution in [2.45, 2.75) is 77.2 Å². The minimum Gasteiger partial charge on any atom is -0.427 e. The molecule has 25 heavy (non-hydrogen) atoms. The van der Waals surface area contributed by atoms with Crippen molar-refractivity contribution in [1.29, 1.82) is 0 Å². The number of fused-ring (bicyclic) bond motifs is 5. The number of benzene rings is 1. The summed E-state index contributed by atoms with van der Waals surface area (Å²) in [6, 6.07) is 6.28. The van der Waals surface area contributed by atoms with E-state index in [1.54, 1.807) is 0 Å². The number of esters is 1. The SMILES string of the molecule is CCCC(=O)Oc1ccc2c(c1)CC[C@@H]1[C@@H]2CC[C@]2(C)[C@@H](O)CC[C@@H]12. The number of hydrogen-bond acceptors (Lipinski definition) is 3. The molecule has 0 saturated heterocycles. The van der Waals surface area contributed by atoms with Crippen LogP contribution in [0.4, 0.5) is 0 Å². The van der Waals surface area contributed by atoms with Gasteiger partial charge in [-0.1, -0.05) is 19.9 Å². The molecule has 4 rings (SSSR count). The highest BCUT2D eigenvalue weighted by molar-refractivity contribution is 5.72. The van der Waals surface area contributed by atoms with E-state index in [4.69, 9.17) is 4.74 Å². The van der Waals surface area contributed by atoms with Gasteiger partial charge in [0, 0.05) is 6.42 Å². The van der Waals surface area contributed by atoms with E-state index >= 15 is 0 Å². The molecule has 0 aliphatic heterocycles. The first-order valence-electron chi connectivity index (χ1n) is 10.0. The highest BCUT2D eigenvalue weighted by Gasteiger charge is 2.54. The monoisotopic (exact) mass is 342 g/mol. The highest BCUT2D eigenvalue weighted by atomic mass is 16.5. The lowest BCUT2D eigenvalue weighted by atomic mass is 9.55. The first kappa shape index (κ1) is 17.1. The summed E-state index contributed by atoms with van der Waals surface area (Å²) in [5, 5.41) is 10.5. The second-order valence-corrected chi connectivity index (χ2v) is 8.64. The Balaban J connectivity index is 1.56. The summed E-state index contributed by atoms with van der Waals surface area (Å²) in [6.07, 6.45) is 7.92. The lowest BCUT2D eigenvalue weighted by molar-refractivity contribution is -0.134. The van der Waals surface area contributed by atoms with Crippen LogP contribution in [-0.4, -0.2) is 17.2 Å². The van der Waals surface area contributed by atoms with Gasteiger partial charge < -0.3 is 9.84 Å². The van der Waals surface area contributed by atoms with Gasteiger partial charge in [-0.2, -0.15) is 0 Å². The van der Waals surface area contributed by atoms with Gasteiger partial charge in [-0.25, -0.2) is 0 Å². The average molecular weight is 342 g/mol. The molecule has 0 aromatic heterocycles. The molecule has 3 aliphatic rings. The van der Waals surface area contributed by atoms with Crippen LogP contribution >= 0.6 is 0 Å². The van der Waals surface area contributed by atoms with Crippen molar-refractivity contribution in [3.8, 4) is 5.75 Å². The topological polar surface area (TPSA) is 46.5 Å². The lowest BCUT2D eigenvalue weighted by Gasteiger charge is -2.50. The van der Waals surface area contributed by atoms with Crippen molar-refractivity contribution in [3.63, 3.8) is 0 Å². The van der Waals surface area contributed by atoms with E-state index in [0.29, 0.717) is 29.9 Å². The Hall–Kier alpha value is -1.35. The second kappa shape index (κ2) is 6.42. The van der Waals surface area contributed by atoms with Crippen LogP contribution in [0.2, 0.25) is 0 Å². The molecule has 0 unspecified atom stereocenters. The van der Waals surface area contributed by atoms with Gasteiger partial charge in [0.05, 0.1) is 6.10 Å². The Labute approximate surface area is 150 Å². The molecular weight excluding hydrogens is 312 g/mol. The predicted octanol–water partition coefficient (Wildman–Crippen LogP) is 4.61. The fourth-order valence-electron chi connectivity index (χ4n) is 5.98. The van der Waals surface area contributed by atoms with E-state index in [0.717, 1.165) is 25.7 Å². The van der Waals surface area contributed by atoms with Gasteiger partial charge in [0.15, 0.2) is 0 Å². The molecule has 136 valence electrons. The van der Waals surface area contributed by atoms with Crippen molar-refractivity contribution in [3.05, 3.63) is 29.3 Å². The molecule has 0 spiro atoms. The quantitative estimate of drug-likeness (QED) is 0.644. The van der Waals surface area contributed by atoms with E-state index in [1.807, 2.05) is 13.0 Å². The number of aliphatic hydroxyl groups is 1. The Morgan fingerprint density at radius 2 is 2.12 bits per heavy atom. The number of rotatable bonds is 3. The maximum absolute atomic E-state index is 11.8. The second-order valence-electron chi connectivity index (χ2n) is 8.64. The number of hydrogen-bond donors (Lipinski definition) is 1. The van der Waals surface area contributed by atoms with Crippen molar-refractivity contribution in [2.75, 3.05) is 0 Å². The van der Waals surface area contributed by atoms with Crippen LogP contribution in [-0.2, 0) is 11.2 Å². The van der Waals surface area contributed by atoms with Crippen LogP contribution in [0.25, 0.3) is 0 Å². The smallest absolute Gasteiger partial charge is 0.311 e. The van der Waals surface area contributed by atoms with Crippen LogP contribution in [0.15, 0.2) is 18.2 Å². The summed E-state index contributed by atoms with van der Waals surface area (Å²) in [6.45, 7) is 4.31. The van der Waals surface area contributed by atoms with E-state index < -0.39 is 0 Å². The van der Waals surface area contributed by atoms with Gasteiger partial charge in [-0.15, -0.1) is 0 Å². The molecule has 0 bridgehead atoms. The fourth-order valence-corrected chi connectivity index (χ4v) is 5.98. The summed E-state index contributed by atoms with van der Waals surface area (Å²) in [5.41, 5.74) is 2.97. The molecule has 0 amide bonds. The summed E-state index contributed by atoms with van der Waals surface area (Å²) >= 11 is 0. The van der Waals surface area contributed by atoms with Crippen LogP contribution in [0, 0.1) is 17.3 Å². The standard InChI is InChI=1S/C22H30O3/c1-3-4-21(24)25-15-6-8-16-14(13-15)5-7-18-17(16)11-12-22(2)19(18)9-10-20(22)23/h6,8,13,17-20,23H,3-5,7,9-12H2,1-2H3/t17-,18-,19+,20+,22+/m1/s1. The van der Waals surface area contributed by atoms with Crippen LogP contribution < -0.4 is 4.74 Å². The Kier molecular flexibility index (Phi) is 4.39. The first-order valence-corrected chi connectivity index (χ1v) is 10.0. The van der Waals surface area contributed by atoms with Gasteiger partial charge in [-0.05, 0) is 91.4 Å². The summed E-state index contributed by atoms with van der Waals surface area (Å²) < 4.78 is 5.48. The molecule has 1 aromatic rings. The van der Waals surface area contributed by atoms with Gasteiger partial charge in [0.1, 0.15) is 5.75 Å². The molecule has 2 saturated carbocycles. The van der Waals surface area contributed by atoms with Crippen LogP contribution in [0.3, 0.4) is 0 Å². The molecule has 5 atom stereocenters. The number of ether oxygens (including phenoxy) is 1. The third-order valence-electron chi connectivity index (χ3n) is 7.33. The number of carbonyl (C=O) groups excluding carboxylic acids is 1. The molecule has 0 radical (unpaired) electrons. The van der Waals surface area contributed by atoms with Gasteiger partial charge in [0.25, 0.3) is 0 Å². The molecular formula is C22H30O3. The van der Waals surface area contributed by atoms with Crippen molar-refractivity contribution in [2.24, 2.45) is 17.3 Å². The minimum atomic E-state index is -0.135. The molecule has 1 N–H and O–H groups in total. The third-order valence-corrected chi connectivity index (χ3v) is 7.33. The molecule has 3 heteroatoms. The molecule has 3 aliphatic carbocycles. The average Bonchev–Trinajstić information content (AvgIpc) is 2.90. The van der Waals surface area contributed by atoms with E-state index in [2.05, 4.69) is 19.1 Å². The van der Waals surface area contributed by atoms with E-state index in [9.17, 15) is 9.90 Å². The Morgan fingerprint density at radius 3 is 2.92 bits per heavy atom. The summed E-state index contributed by atoms with van der Waals surface area (Å²) in [4.78, 5) is 11.8. The maximum Gasteiger partial charge on any atom is 0.311 e. The van der Waals surface area contributed by atoms with Crippen molar-refractivity contribution < 1.29 is 14.6 Å². The molecule has 3 nitrogen and oxygen atoms in total. The van der Waals surface area contributed by atoms with Crippen LogP contribution in [0.1, 0.15) is 75.8 Å². The first-order chi connectivity index (χ1) is 12.0. The zero-order valence-corrected chi connectivity index (χ0v) is 15.5. The summed E-state index contributed by atoms with van der Waals surface area (Å²) in [7, 11) is 0. The fraction of sp³-hybridized carbons (Fsp3) is 0.682. The number of aliphatic hydroxyl groups excluding tert-OH is 1. The normalized spacial score (nSPS) is 36.3. The van der Waals surface area contributed by atoms with E-state index in [1.165, 1.54) is 30.4 Å². The molecule has 1 aromatic carbocycles. The number of aryl methyl sites for hydroxylation is 1. The third kappa shape index (κ3) is 2.81. The van der Waals surface area contributed by atoms with Gasteiger partial charge in [0.2, 0.25) is 0 Å². The molecule has 0 heterocycles. The summed E-state index contributed by atoms with van der Waals surface area (Å²) in [5.74, 6) is 2.55. The van der Waals surface area contributed by atoms with Crippen molar-refractivity contribution >= 4 is 5.97 Å². The lowest BCUT2D eigenvalue weighted by Crippen LogP contribution is -2.43. The Morgan fingerprint density at radius 1 is 1.28 bits per heavy atom. The zero-order valence-electron chi connectivity index (χ0n) is 15.5. The maximum atomic E-state index is 11.8. The van der Waals surface area contributed by atoms with Gasteiger partial charge >= 0.3 is 5.97 Å². The van der Waals surface area contributed by atoms with Crippen molar-refractivity contribution in [1.82, 2.24) is 0 Å². The number of carbonyl (C=O) groups is 1.